The van der Waals surface area contributed by atoms with Crippen LogP contribution in [0.3, 0.4) is 0 Å². The maximum atomic E-state index is 12.7. The maximum Gasteiger partial charge on any atom is 0.251 e. The first-order chi connectivity index (χ1) is 14.1. The van der Waals surface area contributed by atoms with Gasteiger partial charge in [0.15, 0.2) is 11.5 Å². The average molecular weight is 395 g/mol. The van der Waals surface area contributed by atoms with Crippen LogP contribution in [0.25, 0.3) is 0 Å². The minimum atomic E-state index is -0.118. The van der Waals surface area contributed by atoms with E-state index in [1.165, 1.54) is 24.9 Å². The van der Waals surface area contributed by atoms with Crippen molar-refractivity contribution in [1.29, 1.82) is 0 Å². The molecule has 2 aromatic rings. The highest BCUT2D eigenvalue weighted by Crippen LogP contribution is 2.32. The molecule has 4 rings (SSSR count). The molecule has 0 saturated carbocycles. The summed E-state index contributed by atoms with van der Waals surface area (Å²) in [6.07, 6.45) is 2.61. The molecule has 1 saturated heterocycles. The molecule has 2 aromatic carbocycles. The molecule has 2 aliphatic heterocycles. The van der Waals surface area contributed by atoms with Gasteiger partial charge in [0.05, 0.1) is 6.04 Å². The molecule has 0 unspecified atom stereocenters. The Labute approximate surface area is 173 Å². The minimum Gasteiger partial charge on any atom is -0.486 e. The number of nitrogens with one attached hydrogen (secondary N) is 1. The molecule has 2 heterocycles. The fraction of sp³-hybridized carbons (Fsp3) is 0.458. The average Bonchev–Trinajstić information content (AvgIpc) is 2.74. The van der Waals surface area contributed by atoms with Gasteiger partial charge in [0.25, 0.3) is 5.91 Å². The van der Waals surface area contributed by atoms with Gasteiger partial charge in [-0.15, -0.1) is 0 Å². The van der Waals surface area contributed by atoms with Crippen molar-refractivity contribution in [2.24, 2.45) is 5.92 Å². The van der Waals surface area contributed by atoms with Crippen molar-refractivity contribution in [2.45, 2.75) is 39.3 Å². The molecule has 0 aliphatic carbocycles. The van der Waals surface area contributed by atoms with Crippen molar-refractivity contribution < 1.29 is 14.3 Å². The third-order valence-corrected chi connectivity index (χ3v) is 5.78. The number of rotatable bonds is 5. The Kier molecular flexibility index (Phi) is 6.05. The van der Waals surface area contributed by atoms with Gasteiger partial charge < -0.3 is 14.8 Å². The molecule has 1 N–H and O–H groups in total. The number of ether oxygens (including phenoxy) is 2. The highest BCUT2D eigenvalue weighted by molar-refractivity contribution is 5.94. The first-order valence-corrected chi connectivity index (χ1v) is 10.6. The highest BCUT2D eigenvalue weighted by atomic mass is 16.6. The Morgan fingerprint density at radius 3 is 2.66 bits per heavy atom. The van der Waals surface area contributed by atoms with Crippen molar-refractivity contribution >= 4 is 5.91 Å². The van der Waals surface area contributed by atoms with E-state index in [1.807, 2.05) is 37.3 Å². The molecule has 29 heavy (non-hydrogen) atoms. The number of hydrogen-bond acceptors (Lipinski definition) is 4. The molecule has 0 radical (unpaired) electrons. The van der Waals surface area contributed by atoms with Crippen LogP contribution < -0.4 is 14.8 Å². The molecule has 2 atom stereocenters. The molecule has 154 valence electrons. The Hall–Kier alpha value is -2.53. The first kappa shape index (κ1) is 19.8. The minimum absolute atomic E-state index is 0.0643. The lowest BCUT2D eigenvalue weighted by molar-refractivity contribution is 0.0939. The predicted molar refractivity (Wildman–Crippen MR) is 113 cm³/mol. The monoisotopic (exact) mass is 394 g/mol. The second-order valence-electron chi connectivity index (χ2n) is 8.28. The Morgan fingerprint density at radius 2 is 1.90 bits per heavy atom. The maximum absolute atomic E-state index is 12.7. The molecule has 0 bridgehead atoms. The first-order valence-electron chi connectivity index (χ1n) is 10.6. The Balaban J connectivity index is 1.35. The molecule has 5 nitrogen and oxygen atoms in total. The SMILES string of the molecule is C[C@@H]1CCCN(Cc2ccc(C(=O)N[C@@H](C)c3ccc4c(c3)OCCO4)cc2)C1. The fourth-order valence-electron chi connectivity index (χ4n) is 4.14. The van der Waals surface area contributed by atoms with Gasteiger partial charge in [0, 0.05) is 18.7 Å². The molecule has 1 amide bonds. The number of fused-ring (bicyclic) bond motifs is 1. The van der Waals surface area contributed by atoms with Gasteiger partial charge in [-0.2, -0.15) is 0 Å². The molecule has 0 aromatic heterocycles. The van der Waals surface area contributed by atoms with E-state index in [0.717, 1.165) is 36.1 Å². The van der Waals surface area contributed by atoms with Gasteiger partial charge in [0.2, 0.25) is 0 Å². The van der Waals surface area contributed by atoms with E-state index in [4.69, 9.17) is 9.47 Å². The van der Waals surface area contributed by atoms with Crippen molar-refractivity contribution in [2.75, 3.05) is 26.3 Å². The topological polar surface area (TPSA) is 50.8 Å². The van der Waals surface area contributed by atoms with Crippen molar-refractivity contribution in [3.05, 3.63) is 59.2 Å². The third kappa shape index (κ3) is 4.91. The van der Waals surface area contributed by atoms with Crippen LogP contribution in [0.1, 0.15) is 54.2 Å². The van der Waals surface area contributed by atoms with Crippen LogP contribution in [-0.2, 0) is 6.54 Å². The van der Waals surface area contributed by atoms with Crippen LogP contribution in [0.4, 0.5) is 0 Å². The lowest BCUT2D eigenvalue weighted by Gasteiger charge is -2.30. The summed E-state index contributed by atoms with van der Waals surface area (Å²) in [6, 6.07) is 13.7. The van der Waals surface area contributed by atoms with E-state index in [2.05, 4.69) is 29.3 Å². The Morgan fingerprint density at radius 1 is 1.14 bits per heavy atom. The van der Waals surface area contributed by atoms with Gasteiger partial charge in [-0.1, -0.05) is 25.1 Å². The van der Waals surface area contributed by atoms with Crippen molar-refractivity contribution in [3.8, 4) is 11.5 Å². The predicted octanol–water partition coefficient (Wildman–Crippen LogP) is 4.18. The second kappa shape index (κ2) is 8.87. The second-order valence-corrected chi connectivity index (χ2v) is 8.28. The van der Waals surface area contributed by atoms with Gasteiger partial charge in [0.1, 0.15) is 13.2 Å². The normalized spacial score (nSPS) is 20.1. The van der Waals surface area contributed by atoms with Crippen LogP contribution in [-0.4, -0.2) is 37.1 Å². The van der Waals surface area contributed by atoms with E-state index < -0.39 is 0 Å². The van der Waals surface area contributed by atoms with Crippen molar-refractivity contribution in [3.63, 3.8) is 0 Å². The third-order valence-electron chi connectivity index (χ3n) is 5.78. The van der Waals surface area contributed by atoms with Gasteiger partial charge in [-0.3, -0.25) is 9.69 Å². The Bertz CT molecular complexity index is 850. The lowest BCUT2D eigenvalue weighted by atomic mass is 9.99. The van der Waals surface area contributed by atoms with E-state index in [0.29, 0.717) is 18.8 Å². The van der Waals surface area contributed by atoms with Crippen LogP contribution in [0.15, 0.2) is 42.5 Å². The number of hydrogen-bond donors (Lipinski definition) is 1. The number of amides is 1. The smallest absolute Gasteiger partial charge is 0.251 e. The summed E-state index contributed by atoms with van der Waals surface area (Å²) in [4.78, 5) is 15.2. The van der Waals surface area contributed by atoms with Crippen LogP contribution in [0, 0.1) is 5.92 Å². The summed E-state index contributed by atoms with van der Waals surface area (Å²) in [7, 11) is 0. The molecule has 5 heteroatoms. The van der Waals surface area contributed by atoms with E-state index >= 15 is 0 Å². The van der Waals surface area contributed by atoms with E-state index in [1.54, 1.807) is 0 Å². The van der Waals surface area contributed by atoms with Gasteiger partial charge in [-0.25, -0.2) is 0 Å². The van der Waals surface area contributed by atoms with Crippen LogP contribution in [0.5, 0.6) is 11.5 Å². The molecule has 1 fully saturated rings. The summed E-state index contributed by atoms with van der Waals surface area (Å²) in [5.41, 5.74) is 2.94. The number of nitrogens with zero attached hydrogens (tertiary/aromatic N) is 1. The zero-order valence-corrected chi connectivity index (χ0v) is 17.3. The number of carbonyl (C=O) groups excluding carboxylic acids is 1. The van der Waals surface area contributed by atoms with E-state index in [-0.39, 0.29) is 11.9 Å². The lowest BCUT2D eigenvalue weighted by Crippen LogP contribution is -2.33. The molecule has 2 aliphatic rings. The molecular weight excluding hydrogens is 364 g/mol. The van der Waals surface area contributed by atoms with Crippen LogP contribution >= 0.6 is 0 Å². The van der Waals surface area contributed by atoms with Gasteiger partial charge >= 0.3 is 0 Å². The fourth-order valence-corrected chi connectivity index (χ4v) is 4.14. The summed E-state index contributed by atoms with van der Waals surface area (Å²) in [6.45, 7) is 8.72. The largest absolute Gasteiger partial charge is 0.486 e. The van der Waals surface area contributed by atoms with Crippen LogP contribution in [0.2, 0.25) is 0 Å². The van der Waals surface area contributed by atoms with Gasteiger partial charge in [-0.05, 0) is 67.6 Å². The molecule has 0 spiro atoms. The number of carbonyl (C=O) groups is 1. The quantitative estimate of drug-likeness (QED) is 0.827. The summed E-state index contributed by atoms with van der Waals surface area (Å²) in [5.74, 6) is 2.21. The summed E-state index contributed by atoms with van der Waals surface area (Å²) in [5, 5.41) is 3.08. The number of likely N-dealkylation sites (tertiary alicyclic amines) is 1. The summed E-state index contributed by atoms with van der Waals surface area (Å²) >= 11 is 0. The number of piperidine rings is 1. The zero-order chi connectivity index (χ0) is 20.2. The molecular formula is C24H30N2O3. The number of benzene rings is 2. The highest BCUT2D eigenvalue weighted by Gasteiger charge is 2.18. The summed E-state index contributed by atoms with van der Waals surface area (Å²) < 4.78 is 11.2. The standard InChI is InChI=1S/C24H30N2O3/c1-17-4-3-11-26(15-17)16-19-5-7-20(8-6-19)24(27)25-18(2)21-9-10-22-23(14-21)29-13-12-28-22/h5-10,14,17-18H,3-4,11-13,15-16H2,1-2H3,(H,25,27)/t17-,18+/m1/s1. The zero-order valence-electron chi connectivity index (χ0n) is 17.3. The van der Waals surface area contributed by atoms with Crippen molar-refractivity contribution in [1.82, 2.24) is 10.2 Å². The van der Waals surface area contributed by atoms with E-state index in [9.17, 15) is 4.79 Å².